The first-order valence-electron chi connectivity index (χ1n) is 7.24. The van der Waals surface area contributed by atoms with Crippen molar-refractivity contribution < 1.29 is 14.3 Å². The van der Waals surface area contributed by atoms with E-state index >= 15 is 0 Å². The lowest BCUT2D eigenvalue weighted by Gasteiger charge is -2.33. The Bertz CT molecular complexity index is 360. The highest BCUT2D eigenvalue weighted by Crippen LogP contribution is 2.32. The van der Waals surface area contributed by atoms with Crippen molar-refractivity contribution in [1.82, 2.24) is 4.90 Å². The van der Waals surface area contributed by atoms with Gasteiger partial charge >= 0.3 is 6.09 Å². The summed E-state index contributed by atoms with van der Waals surface area (Å²) in [4.78, 5) is 13.7. The average molecular weight is 267 g/mol. The molecule has 1 heterocycles. The van der Waals surface area contributed by atoms with Crippen LogP contribution in [-0.2, 0) is 9.47 Å². The van der Waals surface area contributed by atoms with Gasteiger partial charge in [-0.1, -0.05) is 6.08 Å². The van der Waals surface area contributed by atoms with Gasteiger partial charge in [0.2, 0.25) is 0 Å². The van der Waals surface area contributed by atoms with Crippen LogP contribution in [0.2, 0.25) is 0 Å². The van der Waals surface area contributed by atoms with E-state index in [1.807, 2.05) is 6.92 Å². The third-order valence-corrected chi connectivity index (χ3v) is 4.40. The standard InChI is InChI=1S/C15H25NO3/c1-12(19-14(17)16-10-4-5-11-16)13-6-8-15(2,18-3)9-7-13/h6,12H,4-5,7-11H2,1-3H3/t12?,15-/m1/s1. The van der Waals surface area contributed by atoms with Crippen LogP contribution >= 0.6 is 0 Å². The van der Waals surface area contributed by atoms with E-state index in [4.69, 9.17) is 9.47 Å². The molecule has 0 bridgehead atoms. The first-order chi connectivity index (χ1) is 9.04. The van der Waals surface area contributed by atoms with Gasteiger partial charge in [-0.2, -0.15) is 0 Å². The molecule has 1 aliphatic carbocycles. The summed E-state index contributed by atoms with van der Waals surface area (Å²) in [5.74, 6) is 0. The third-order valence-electron chi connectivity index (χ3n) is 4.40. The minimum atomic E-state index is -0.161. The van der Waals surface area contributed by atoms with Gasteiger partial charge in [0.15, 0.2) is 0 Å². The fraction of sp³-hybridized carbons (Fsp3) is 0.800. The Labute approximate surface area is 115 Å². The summed E-state index contributed by atoms with van der Waals surface area (Å²) in [5.41, 5.74) is 1.17. The van der Waals surface area contributed by atoms with Gasteiger partial charge in [0.05, 0.1) is 5.60 Å². The maximum Gasteiger partial charge on any atom is 0.410 e. The summed E-state index contributed by atoms with van der Waals surface area (Å²) in [5, 5.41) is 0. The molecule has 0 spiro atoms. The lowest BCUT2D eigenvalue weighted by atomic mass is 9.85. The normalized spacial score (nSPS) is 29.0. The van der Waals surface area contributed by atoms with Crippen molar-refractivity contribution >= 4 is 6.09 Å². The molecular formula is C15H25NO3. The molecule has 108 valence electrons. The third kappa shape index (κ3) is 3.50. The molecule has 2 aliphatic rings. The maximum absolute atomic E-state index is 11.9. The molecular weight excluding hydrogens is 242 g/mol. The highest BCUT2D eigenvalue weighted by atomic mass is 16.6. The molecule has 1 amide bonds. The summed E-state index contributed by atoms with van der Waals surface area (Å²) in [6.45, 7) is 5.77. The van der Waals surface area contributed by atoms with Crippen LogP contribution in [0.3, 0.4) is 0 Å². The Kier molecular flexibility index (Phi) is 4.50. The van der Waals surface area contributed by atoms with E-state index in [2.05, 4.69) is 13.0 Å². The van der Waals surface area contributed by atoms with E-state index in [9.17, 15) is 4.79 Å². The maximum atomic E-state index is 11.9. The molecule has 0 N–H and O–H groups in total. The predicted octanol–water partition coefficient (Wildman–Crippen LogP) is 3.12. The summed E-state index contributed by atoms with van der Waals surface area (Å²) in [6.07, 6.45) is 6.91. The van der Waals surface area contributed by atoms with Gasteiger partial charge in [-0.25, -0.2) is 4.79 Å². The van der Waals surface area contributed by atoms with Gasteiger partial charge in [0.1, 0.15) is 6.10 Å². The molecule has 2 atom stereocenters. The van der Waals surface area contributed by atoms with Crippen molar-refractivity contribution in [2.24, 2.45) is 0 Å². The Balaban J connectivity index is 1.86. The van der Waals surface area contributed by atoms with Gasteiger partial charge in [0.25, 0.3) is 0 Å². The van der Waals surface area contributed by atoms with E-state index < -0.39 is 0 Å². The Morgan fingerprint density at radius 3 is 2.63 bits per heavy atom. The van der Waals surface area contributed by atoms with Crippen molar-refractivity contribution in [3.63, 3.8) is 0 Å². The number of hydrogen-bond donors (Lipinski definition) is 0. The number of hydrogen-bond acceptors (Lipinski definition) is 3. The average Bonchev–Trinajstić information content (AvgIpc) is 2.93. The molecule has 1 unspecified atom stereocenters. The minimum Gasteiger partial charge on any atom is -0.442 e. The summed E-state index contributed by atoms with van der Waals surface area (Å²) < 4.78 is 11.1. The van der Waals surface area contributed by atoms with E-state index in [-0.39, 0.29) is 17.8 Å². The first-order valence-corrected chi connectivity index (χ1v) is 7.24. The molecule has 2 rings (SSSR count). The van der Waals surface area contributed by atoms with Crippen LogP contribution in [0.5, 0.6) is 0 Å². The molecule has 1 aliphatic heterocycles. The van der Waals surface area contributed by atoms with Crippen molar-refractivity contribution in [3.8, 4) is 0 Å². The fourth-order valence-electron chi connectivity index (χ4n) is 2.72. The van der Waals surface area contributed by atoms with E-state index in [0.29, 0.717) is 0 Å². The topological polar surface area (TPSA) is 38.8 Å². The Hall–Kier alpha value is -1.03. The van der Waals surface area contributed by atoms with Crippen LogP contribution < -0.4 is 0 Å². The van der Waals surface area contributed by atoms with Crippen LogP contribution in [0.1, 0.15) is 46.0 Å². The van der Waals surface area contributed by atoms with Gasteiger partial charge < -0.3 is 14.4 Å². The fourth-order valence-corrected chi connectivity index (χ4v) is 2.72. The highest BCUT2D eigenvalue weighted by molar-refractivity contribution is 5.68. The quantitative estimate of drug-likeness (QED) is 0.737. The molecule has 0 aromatic rings. The number of nitrogens with zero attached hydrogens (tertiary/aromatic N) is 1. The summed E-state index contributed by atoms with van der Waals surface area (Å²) in [7, 11) is 1.76. The molecule has 0 saturated carbocycles. The largest absolute Gasteiger partial charge is 0.442 e. The van der Waals surface area contributed by atoms with Crippen molar-refractivity contribution in [3.05, 3.63) is 11.6 Å². The molecule has 4 heteroatoms. The predicted molar refractivity (Wildman–Crippen MR) is 74.1 cm³/mol. The second-order valence-corrected chi connectivity index (χ2v) is 5.86. The number of carbonyl (C=O) groups is 1. The lowest BCUT2D eigenvalue weighted by molar-refractivity contribution is -0.00461. The van der Waals surface area contributed by atoms with Gasteiger partial charge in [-0.05, 0) is 51.5 Å². The zero-order valence-electron chi connectivity index (χ0n) is 12.3. The number of ether oxygens (including phenoxy) is 2. The lowest BCUT2D eigenvalue weighted by Crippen LogP contribution is -2.34. The molecule has 0 radical (unpaired) electrons. The second-order valence-electron chi connectivity index (χ2n) is 5.86. The SMILES string of the molecule is CO[C@]1(C)CC=C(C(C)OC(=O)N2CCCC2)CC1. The molecule has 19 heavy (non-hydrogen) atoms. The Morgan fingerprint density at radius 1 is 1.42 bits per heavy atom. The van der Waals surface area contributed by atoms with E-state index in [1.165, 1.54) is 5.57 Å². The van der Waals surface area contributed by atoms with Crippen LogP contribution in [0, 0.1) is 0 Å². The van der Waals surface area contributed by atoms with Crippen molar-refractivity contribution in [1.29, 1.82) is 0 Å². The van der Waals surface area contributed by atoms with Crippen LogP contribution in [0.25, 0.3) is 0 Å². The van der Waals surface area contributed by atoms with Gasteiger partial charge in [0, 0.05) is 20.2 Å². The second kappa shape index (κ2) is 5.95. The number of amides is 1. The number of likely N-dealkylation sites (tertiary alicyclic amines) is 1. The van der Waals surface area contributed by atoms with Gasteiger partial charge in [-0.15, -0.1) is 0 Å². The minimum absolute atomic E-state index is 0.0534. The van der Waals surface area contributed by atoms with Crippen LogP contribution in [-0.4, -0.2) is 42.9 Å². The van der Waals surface area contributed by atoms with Crippen molar-refractivity contribution in [2.45, 2.75) is 57.7 Å². The number of methoxy groups -OCH3 is 1. The van der Waals surface area contributed by atoms with Crippen molar-refractivity contribution in [2.75, 3.05) is 20.2 Å². The van der Waals surface area contributed by atoms with Gasteiger partial charge in [-0.3, -0.25) is 0 Å². The molecule has 1 fully saturated rings. The smallest absolute Gasteiger partial charge is 0.410 e. The monoisotopic (exact) mass is 267 g/mol. The van der Waals surface area contributed by atoms with E-state index in [1.54, 1.807) is 12.0 Å². The number of carbonyl (C=O) groups excluding carboxylic acids is 1. The summed E-state index contributed by atoms with van der Waals surface area (Å²) >= 11 is 0. The zero-order chi connectivity index (χ0) is 13.9. The molecule has 1 saturated heterocycles. The molecule has 0 aromatic heterocycles. The Morgan fingerprint density at radius 2 is 2.11 bits per heavy atom. The summed E-state index contributed by atoms with van der Waals surface area (Å²) in [6, 6.07) is 0. The zero-order valence-corrected chi connectivity index (χ0v) is 12.3. The van der Waals surface area contributed by atoms with Crippen LogP contribution in [0.15, 0.2) is 11.6 Å². The first kappa shape index (κ1) is 14.4. The van der Waals surface area contributed by atoms with Crippen LogP contribution in [0.4, 0.5) is 4.79 Å². The highest BCUT2D eigenvalue weighted by Gasteiger charge is 2.29. The molecule has 4 nitrogen and oxygen atoms in total. The van der Waals surface area contributed by atoms with E-state index in [0.717, 1.165) is 45.2 Å². The number of rotatable bonds is 3. The molecule has 0 aromatic carbocycles.